The van der Waals surface area contributed by atoms with Crippen LogP contribution in [-0.2, 0) is 18.3 Å². The number of nitrogens with zero attached hydrogens (tertiary/aromatic N) is 5. The van der Waals surface area contributed by atoms with E-state index >= 15 is 0 Å². The number of ether oxygens (including phenoxy) is 1. The number of hydrogen-bond donors (Lipinski definition) is 1. The van der Waals surface area contributed by atoms with Gasteiger partial charge in [-0.05, 0) is 25.3 Å². The fourth-order valence-electron chi connectivity index (χ4n) is 3.23. The molecule has 1 atom stereocenters. The molecule has 2 aromatic heterocycles. The van der Waals surface area contributed by atoms with Crippen LogP contribution in [0.5, 0.6) is 0 Å². The smallest absolute Gasteiger partial charge is 0.150 e. The third-order valence-electron chi connectivity index (χ3n) is 4.81. The van der Waals surface area contributed by atoms with Gasteiger partial charge in [0.1, 0.15) is 11.6 Å². The first-order valence-corrected chi connectivity index (χ1v) is 8.67. The normalized spacial score (nSPS) is 22.3. The maximum absolute atomic E-state index is 5.70. The number of rotatable bonds is 5. The van der Waals surface area contributed by atoms with Gasteiger partial charge in [0.25, 0.3) is 0 Å². The van der Waals surface area contributed by atoms with Crippen molar-refractivity contribution in [3.63, 3.8) is 0 Å². The molecule has 1 N–H and O–H groups in total. The van der Waals surface area contributed by atoms with Crippen molar-refractivity contribution in [3.8, 4) is 0 Å². The van der Waals surface area contributed by atoms with E-state index in [4.69, 9.17) is 9.72 Å². The van der Waals surface area contributed by atoms with Gasteiger partial charge >= 0.3 is 0 Å². The molecule has 24 heavy (non-hydrogen) atoms. The van der Waals surface area contributed by atoms with Gasteiger partial charge < -0.3 is 10.1 Å². The zero-order chi connectivity index (χ0) is 16.4. The van der Waals surface area contributed by atoms with Gasteiger partial charge in [0.15, 0.2) is 0 Å². The first kappa shape index (κ1) is 15.5. The average Bonchev–Trinajstić information content (AvgIpc) is 2.97. The molecule has 0 aromatic carbocycles. The van der Waals surface area contributed by atoms with Gasteiger partial charge in [-0.1, -0.05) is 0 Å². The van der Waals surface area contributed by atoms with Crippen LogP contribution in [0.1, 0.15) is 36.7 Å². The average molecular weight is 328 g/mol. The summed E-state index contributed by atoms with van der Waals surface area (Å²) in [4.78, 5) is 11.6. The highest BCUT2D eigenvalue weighted by molar-refractivity contribution is 5.35. The summed E-state index contributed by atoms with van der Waals surface area (Å²) < 4.78 is 7.54. The van der Waals surface area contributed by atoms with Gasteiger partial charge in [-0.15, -0.1) is 0 Å². The largest absolute Gasteiger partial charge is 0.378 e. The molecular weight excluding hydrogens is 304 g/mol. The van der Waals surface area contributed by atoms with Crippen LogP contribution in [0.2, 0.25) is 0 Å². The summed E-state index contributed by atoms with van der Waals surface area (Å²) in [7, 11) is 1.94. The first-order valence-electron chi connectivity index (χ1n) is 8.67. The zero-order valence-corrected chi connectivity index (χ0v) is 14.1. The molecule has 2 aliphatic rings. The summed E-state index contributed by atoms with van der Waals surface area (Å²) in [6.07, 6.45) is 9.60. The minimum Gasteiger partial charge on any atom is -0.378 e. The van der Waals surface area contributed by atoms with Crippen LogP contribution >= 0.6 is 0 Å². The van der Waals surface area contributed by atoms with Crippen molar-refractivity contribution in [1.29, 1.82) is 0 Å². The summed E-state index contributed by atoms with van der Waals surface area (Å²) >= 11 is 0. The quantitative estimate of drug-likeness (QED) is 0.902. The fraction of sp³-hybridized carbons (Fsp3) is 0.588. The maximum atomic E-state index is 5.70. The molecule has 0 bridgehead atoms. The van der Waals surface area contributed by atoms with Crippen molar-refractivity contribution in [2.75, 3.05) is 25.1 Å². The monoisotopic (exact) mass is 328 g/mol. The Hall–Kier alpha value is -1.99. The second-order valence-electron chi connectivity index (χ2n) is 6.66. The van der Waals surface area contributed by atoms with Crippen molar-refractivity contribution in [2.24, 2.45) is 7.05 Å². The first-order chi connectivity index (χ1) is 11.8. The number of aryl methyl sites for hydroxylation is 1. The van der Waals surface area contributed by atoms with Crippen LogP contribution in [0.15, 0.2) is 24.7 Å². The molecule has 3 heterocycles. The van der Waals surface area contributed by atoms with Crippen molar-refractivity contribution < 1.29 is 4.74 Å². The van der Waals surface area contributed by atoms with Gasteiger partial charge in [-0.2, -0.15) is 5.10 Å². The Kier molecular flexibility index (Phi) is 4.44. The van der Waals surface area contributed by atoms with Crippen molar-refractivity contribution in [2.45, 2.75) is 37.9 Å². The van der Waals surface area contributed by atoms with E-state index in [-0.39, 0.29) is 6.04 Å². The van der Waals surface area contributed by atoms with Crippen LogP contribution in [0.25, 0.3) is 0 Å². The highest BCUT2D eigenvalue weighted by atomic mass is 16.5. The maximum Gasteiger partial charge on any atom is 0.150 e. The molecule has 0 amide bonds. The van der Waals surface area contributed by atoms with Crippen LogP contribution in [-0.4, -0.2) is 50.4 Å². The molecule has 128 valence electrons. The molecule has 2 aromatic rings. The lowest BCUT2D eigenvalue weighted by atomic mass is 9.93. The third kappa shape index (κ3) is 3.42. The summed E-state index contributed by atoms with van der Waals surface area (Å²) in [6.45, 7) is 3.10. The minimum absolute atomic E-state index is 0.0853. The molecule has 1 aliphatic heterocycles. The van der Waals surface area contributed by atoms with E-state index < -0.39 is 0 Å². The molecule has 1 saturated heterocycles. The van der Waals surface area contributed by atoms with Crippen LogP contribution in [0.3, 0.4) is 0 Å². The number of nitrogens with one attached hydrogen (secondary N) is 1. The van der Waals surface area contributed by atoms with Crippen molar-refractivity contribution in [1.82, 2.24) is 24.6 Å². The lowest BCUT2D eigenvalue weighted by Gasteiger charge is -2.34. The standard InChI is InChI=1S/C17H24N6O/c1-22-10-13(9-19-22)11-23-7-8-24-12-15(23)17-18-6-5-16(21-17)20-14-3-2-4-14/h5-6,9-10,14-15H,2-4,7-8,11-12H2,1H3,(H,18,20,21)/t15-/m0/s1. The molecule has 0 unspecified atom stereocenters. The lowest BCUT2D eigenvalue weighted by molar-refractivity contribution is -0.0159. The van der Waals surface area contributed by atoms with E-state index in [2.05, 4.69) is 26.5 Å². The number of anilines is 1. The van der Waals surface area contributed by atoms with Gasteiger partial charge in [-0.3, -0.25) is 9.58 Å². The number of hydrogen-bond acceptors (Lipinski definition) is 6. The summed E-state index contributed by atoms with van der Waals surface area (Å²) in [5, 5.41) is 7.76. The Bertz CT molecular complexity index is 683. The van der Waals surface area contributed by atoms with Crippen molar-refractivity contribution in [3.05, 3.63) is 36.0 Å². The highest BCUT2D eigenvalue weighted by Crippen LogP contribution is 2.26. The molecular formula is C17H24N6O. The van der Waals surface area contributed by atoms with Gasteiger partial charge in [0, 0.05) is 44.1 Å². The van der Waals surface area contributed by atoms with Crippen LogP contribution < -0.4 is 5.32 Å². The predicted octanol–water partition coefficient (Wildman–Crippen LogP) is 1.75. The second-order valence-corrected chi connectivity index (χ2v) is 6.66. The topological polar surface area (TPSA) is 68.1 Å². The van der Waals surface area contributed by atoms with E-state index in [0.717, 1.165) is 31.3 Å². The van der Waals surface area contributed by atoms with E-state index in [9.17, 15) is 0 Å². The van der Waals surface area contributed by atoms with Crippen molar-refractivity contribution >= 4 is 5.82 Å². The third-order valence-corrected chi connectivity index (χ3v) is 4.81. The van der Waals surface area contributed by atoms with Gasteiger partial charge in [0.2, 0.25) is 0 Å². The summed E-state index contributed by atoms with van der Waals surface area (Å²) in [5.41, 5.74) is 1.20. The molecule has 1 aliphatic carbocycles. The molecule has 4 rings (SSSR count). The number of aromatic nitrogens is 4. The van der Waals surface area contributed by atoms with E-state index in [0.29, 0.717) is 12.6 Å². The van der Waals surface area contributed by atoms with E-state index in [1.165, 1.54) is 24.8 Å². The SMILES string of the molecule is Cn1cc(CN2CCOC[C@H]2c2nccc(NC3CCC3)n2)cn1. The Morgan fingerprint density at radius 2 is 2.29 bits per heavy atom. The van der Waals surface area contributed by atoms with Crippen LogP contribution in [0.4, 0.5) is 5.82 Å². The molecule has 0 spiro atoms. The Balaban J connectivity index is 1.50. The lowest BCUT2D eigenvalue weighted by Crippen LogP contribution is -2.40. The predicted molar refractivity (Wildman–Crippen MR) is 90.5 cm³/mol. The Morgan fingerprint density at radius 1 is 1.38 bits per heavy atom. The van der Waals surface area contributed by atoms with E-state index in [1.807, 2.05) is 30.2 Å². The van der Waals surface area contributed by atoms with Gasteiger partial charge in [0.05, 0.1) is 25.5 Å². The molecule has 0 radical (unpaired) electrons. The zero-order valence-electron chi connectivity index (χ0n) is 14.1. The fourth-order valence-corrected chi connectivity index (χ4v) is 3.23. The van der Waals surface area contributed by atoms with Gasteiger partial charge in [-0.25, -0.2) is 9.97 Å². The summed E-state index contributed by atoms with van der Waals surface area (Å²) in [5.74, 6) is 1.76. The Morgan fingerprint density at radius 3 is 3.04 bits per heavy atom. The number of morpholine rings is 1. The van der Waals surface area contributed by atoms with Crippen LogP contribution in [0, 0.1) is 0 Å². The minimum atomic E-state index is 0.0853. The highest BCUT2D eigenvalue weighted by Gasteiger charge is 2.28. The molecule has 1 saturated carbocycles. The molecule has 7 heteroatoms. The Labute approximate surface area is 142 Å². The molecule has 2 fully saturated rings. The van der Waals surface area contributed by atoms with E-state index in [1.54, 1.807) is 0 Å². The molecule has 7 nitrogen and oxygen atoms in total. The second kappa shape index (κ2) is 6.86. The summed E-state index contributed by atoms with van der Waals surface area (Å²) in [6, 6.07) is 2.61.